The van der Waals surface area contributed by atoms with Crippen molar-refractivity contribution in [2.45, 2.75) is 6.32 Å². The average molecular weight is 333 g/mol. The zero-order chi connectivity index (χ0) is 17.6. The van der Waals surface area contributed by atoms with E-state index in [4.69, 9.17) is 0 Å². The Labute approximate surface area is 155 Å². The van der Waals surface area contributed by atoms with Crippen LogP contribution in [-0.4, -0.2) is 11.7 Å². The Morgan fingerprint density at radius 1 is 0.577 bits per heavy atom. The van der Waals surface area contributed by atoms with Gasteiger partial charge < -0.3 is 0 Å². The summed E-state index contributed by atoms with van der Waals surface area (Å²) in [5, 5.41) is 0. The van der Waals surface area contributed by atoms with E-state index in [1.54, 1.807) is 0 Å². The molecule has 0 atom stereocenters. The van der Waals surface area contributed by atoms with Gasteiger partial charge in [0.05, 0.1) is 0 Å². The zero-order valence-corrected chi connectivity index (χ0v) is 14.6. The van der Waals surface area contributed by atoms with Gasteiger partial charge in [-0.1, -0.05) is 102 Å². The fourth-order valence-corrected chi connectivity index (χ4v) is 3.41. The van der Waals surface area contributed by atoms with Crippen LogP contribution in [0, 0.1) is 0 Å². The number of nitrogens with zero attached hydrogens (tertiary/aromatic N) is 1. The molecule has 0 unspecified atom stereocenters. The predicted molar refractivity (Wildman–Crippen MR) is 111 cm³/mol. The predicted octanol–water partition coefficient (Wildman–Crippen LogP) is 4.14. The molecule has 1 heterocycles. The van der Waals surface area contributed by atoms with E-state index in [0.717, 1.165) is 12.0 Å². The maximum Gasteiger partial charge on any atom is 0.215 e. The number of aromatic nitrogens is 1. The number of hydrogen-bond donors (Lipinski definition) is 0. The number of rotatable bonds is 5. The fourth-order valence-electron chi connectivity index (χ4n) is 3.41. The Kier molecular flexibility index (Phi) is 4.93. The molecule has 1 aromatic heterocycles. The molecule has 1 nitrogen and oxygen atoms in total. The van der Waals surface area contributed by atoms with Crippen LogP contribution in [0.2, 0.25) is 0 Å². The first-order chi connectivity index (χ1) is 12.9. The minimum Gasteiger partial charge on any atom is -0.262 e. The summed E-state index contributed by atoms with van der Waals surface area (Å²) >= 11 is 0. The highest BCUT2D eigenvalue weighted by Crippen LogP contribution is 2.19. The van der Waals surface area contributed by atoms with Crippen molar-refractivity contribution < 1.29 is 0 Å². The highest BCUT2D eigenvalue weighted by molar-refractivity contribution is 6.84. The molecule has 0 spiro atoms. The lowest BCUT2D eigenvalue weighted by atomic mass is 9.38. The van der Waals surface area contributed by atoms with Crippen LogP contribution in [0.3, 0.4) is 0 Å². The van der Waals surface area contributed by atoms with Gasteiger partial charge in [0.25, 0.3) is 0 Å². The van der Waals surface area contributed by atoms with Crippen LogP contribution >= 0.6 is 0 Å². The van der Waals surface area contributed by atoms with Gasteiger partial charge in [-0.05, 0) is 29.6 Å². The summed E-state index contributed by atoms with van der Waals surface area (Å²) in [4.78, 5) is 4.66. The molecular formula is C24H20BN. The molecule has 0 aliphatic heterocycles. The molecule has 2 heteroatoms. The van der Waals surface area contributed by atoms with Gasteiger partial charge in [0.2, 0.25) is 6.71 Å². The monoisotopic (exact) mass is 333 g/mol. The van der Waals surface area contributed by atoms with Crippen molar-refractivity contribution in [1.82, 2.24) is 4.98 Å². The maximum absolute atomic E-state index is 4.66. The van der Waals surface area contributed by atoms with E-state index in [0.29, 0.717) is 6.71 Å². The molecule has 0 fully saturated rings. The van der Waals surface area contributed by atoms with Crippen LogP contribution in [0.4, 0.5) is 0 Å². The summed E-state index contributed by atoms with van der Waals surface area (Å²) in [7, 11) is 0. The van der Waals surface area contributed by atoms with Gasteiger partial charge in [-0.3, -0.25) is 4.98 Å². The summed E-state index contributed by atoms with van der Waals surface area (Å²) in [6.45, 7) is 0.302. The molecular weight excluding hydrogens is 313 g/mol. The number of hydrogen-bond acceptors (Lipinski definition) is 1. The zero-order valence-electron chi connectivity index (χ0n) is 14.6. The first-order valence-electron chi connectivity index (χ1n) is 9.00. The van der Waals surface area contributed by atoms with Crippen molar-refractivity contribution in [2.75, 3.05) is 0 Å². The summed E-state index contributed by atoms with van der Waals surface area (Å²) in [6.07, 6.45) is 2.80. The second-order valence-electron chi connectivity index (χ2n) is 6.48. The third-order valence-corrected chi connectivity index (χ3v) is 4.74. The Bertz CT molecular complexity index is 913. The standard InChI is InChI=1S/C24H20BN/c1-4-10-20(11-5-1)21-16-17-26-24(18-21)19-25(22-12-6-2-7-13-22)23-14-8-3-9-15-23/h1-18H,19H2. The molecule has 0 radical (unpaired) electrons. The first kappa shape index (κ1) is 16.3. The summed E-state index contributed by atoms with van der Waals surface area (Å²) < 4.78 is 0. The Balaban J connectivity index is 1.69. The van der Waals surface area contributed by atoms with Crippen molar-refractivity contribution in [1.29, 1.82) is 0 Å². The van der Waals surface area contributed by atoms with Crippen molar-refractivity contribution in [3.8, 4) is 11.1 Å². The lowest BCUT2D eigenvalue weighted by Crippen LogP contribution is -2.44. The van der Waals surface area contributed by atoms with Crippen LogP contribution in [0.25, 0.3) is 11.1 Å². The highest BCUT2D eigenvalue weighted by atomic mass is 14.7. The quantitative estimate of drug-likeness (QED) is 0.500. The molecule has 4 aromatic rings. The lowest BCUT2D eigenvalue weighted by molar-refractivity contribution is 1.16. The van der Waals surface area contributed by atoms with E-state index in [9.17, 15) is 0 Å². The Morgan fingerprint density at radius 3 is 1.69 bits per heavy atom. The summed E-state index contributed by atoms with van der Waals surface area (Å²) in [5.41, 5.74) is 6.21. The largest absolute Gasteiger partial charge is 0.262 e. The average Bonchev–Trinajstić information content (AvgIpc) is 2.74. The molecule has 0 saturated heterocycles. The van der Waals surface area contributed by atoms with Crippen LogP contribution in [0.15, 0.2) is 109 Å². The van der Waals surface area contributed by atoms with Gasteiger partial charge in [-0.25, -0.2) is 0 Å². The molecule has 0 amide bonds. The third kappa shape index (κ3) is 3.75. The van der Waals surface area contributed by atoms with Crippen LogP contribution in [-0.2, 0) is 6.32 Å². The lowest BCUT2D eigenvalue weighted by Gasteiger charge is -2.15. The van der Waals surface area contributed by atoms with Crippen molar-refractivity contribution in [3.05, 3.63) is 115 Å². The van der Waals surface area contributed by atoms with Crippen molar-refractivity contribution in [2.24, 2.45) is 0 Å². The number of benzene rings is 3. The van der Waals surface area contributed by atoms with Crippen molar-refractivity contribution >= 4 is 17.6 Å². The molecule has 26 heavy (non-hydrogen) atoms. The minimum absolute atomic E-state index is 0.302. The molecule has 0 N–H and O–H groups in total. The normalized spacial score (nSPS) is 10.5. The molecule has 0 aliphatic carbocycles. The van der Waals surface area contributed by atoms with E-state index in [2.05, 4.69) is 102 Å². The van der Waals surface area contributed by atoms with Crippen molar-refractivity contribution in [3.63, 3.8) is 0 Å². The van der Waals surface area contributed by atoms with Crippen LogP contribution < -0.4 is 10.9 Å². The SMILES string of the molecule is c1ccc(B(Cc2cc(-c3ccccc3)ccn2)c2ccccc2)cc1. The van der Waals surface area contributed by atoms with E-state index >= 15 is 0 Å². The van der Waals surface area contributed by atoms with Crippen LogP contribution in [0.5, 0.6) is 0 Å². The maximum atomic E-state index is 4.66. The van der Waals surface area contributed by atoms with Gasteiger partial charge in [-0.15, -0.1) is 0 Å². The summed E-state index contributed by atoms with van der Waals surface area (Å²) in [5.74, 6) is 0. The van der Waals surface area contributed by atoms with Gasteiger partial charge in [0.15, 0.2) is 0 Å². The van der Waals surface area contributed by atoms with E-state index in [1.165, 1.54) is 22.1 Å². The van der Waals surface area contributed by atoms with Crippen LogP contribution in [0.1, 0.15) is 5.69 Å². The van der Waals surface area contributed by atoms with E-state index in [-0.39, 0.29) is 0 Å². The van der Waals surface area contributed by atoms with Gasteiger partial charge in [0.1, 0.15) is 0 Å². The smallest absolute Gasteiger partial charge is 0.215 e. The molecule has 0 bridgehead atoms. The second kappa shape index (κ2) is 7.84. The first-order valence-corrected chi connectivity index (χ1v) is 9.00. The van der Waals surface area contributed by atoms with Gasteiger partial charge in [-0.2, -0.15) is 0 Å². The Hall–Kier alpha value is -3.13. The van der Waals surface area contributed by atoms with E-state index in [1.807, 2.05) is 12.3 Å². The number of pyridine rings is 1. The molecule has 124 valence electrons. The summed E-state index contributed by atoms with van der Waals surface area (Å²) in [6, 6.07) is 36.2. The highest BCUT2D eigenvalue weighted by Gasteiger charge is 2.20. The topological polar surface area (TPSA) is 12.9 Å². The van der Waals surface area contributed by atoms with Gasteiger partial charge in [0, 0.05) is 11.9 Å². The molecule has 3 aromatic carbocycles. The Morgan fingerprint density at radius 2 is 1.12 bits per heavy atom. The van der Waals surface area contributed by atoms with Gasteiger partial charge >= 0.3 is 0 Å². The molecule has 4 rings (SSSR count). The molecule has 0 aliphatic rings. The molecule has 0 saturated carbocycles. The second-order valence-corrected chi connectivity index (χ2v) is 6.48. The van der Waals surface area contributed by atoms with E-state index < -0.39 is 0 Å². The fraction of sp³-hybridized carbons (Fsp3) is 0.0417. The minimum atomic E-state index is 0.302. The third-order valence-electron chi connectivity index (χ3n) is 4.74.